The summed E-state index contributed by atoms with van der Waals surface area (Å²) >= 11 is 6.35. The Morgan fingerprint density at radius 2 is 1.85 bits per heavy atom. The van der Waals surface area contributed by atoms with Gasteiger partial charge in [-0.1, -0.05) is 17.7 Å². The summed E-state index contributed by atoms with van der Waals surface area (Å²) in [5.74, 6) is 0.126. The molecule has 10 nitrogen and oxygen atoms in total. The molecule has 1 amide bonds. The quantitative estimate of drug-likeness (QED) is 0.659. The Labute approximate surface area is 204 Å². The molecule has 184 valence electrons. The fraction of sp³-hybridized carbons (Fsp3) is 0.545. The van der Waals surface area contributed by atoms with E-state index in [1.165, 1.54) is 28.2 Å². The number of anilines is 2. The van der Waals surface area contributed by atoms with E-state index >= 15 is 0 Å². The zero-order valence-corrected chi connectivity index (χ0v) is 20.6. The number of aromatic nitrogens is 2. The van der Waals surface area contributed by atoms with Gasteiger partial charge in [0.25, 0.3) is 0 Å². The normalized spacial score (nSPS) is 23.4. The molecule has 2 atom stereocenters. The summed E-state index contributed by atoms with van der Waals surface area (Å²) in [6, 6.07) is 7.30. The zero-order chi connectivity index (χ0) is 23.9. The Kier molecular flexibility index (Phi) is 6.45. The van der Waals surface area contributed by atoms with Crippen molar-refractivity contribution in [2.75, 3.05) is 55.1 Å². The smallest absolute Gasteiger partial charge is 0.344 e. The number of fused-ring (bicyclic) bond motifs is 2. The molecule has 0 saturated carbocycles. The monoisotopic (exact) mass is 508 g/mol. The maximum absolute atomic E-state index is 12.8. The van der Waals surface area contributed by atoms with Crippen molar-refractivity contribution in [1.82, 2.24) is 19.6 Å². The molecule has 3 aliphatic rings. The molecule has 0 radical (unpaired) electrons. The first-order chi connectivity index (χ1) is 16.2. The highest BCUT2D eigenvalue weighted by Gasteiger charge is 2.34. The number of rotatable bonds is 5. The van der Waals surface area contributed by atoms with Gasteiger partial charge in [-0.3, -0.25) is 9.62 Å². The summed E-state index contributed by atoms with van der Waals surface area (Å²) in [6.07, 6.45) is 5.36. The lowest BCUT2D eigenvalue weighted by Gasteiger charge is -2.37. The number of morpholine rings is 1. The van der Waals surface area contributed by atoms with E-state index in [1.807, 2.05) is 6.07 Å². The van der Waals surface area contributed by atoms with Crippen LogP contribution < -0.4 is 9.62 Å². The van der Waals surface area contributed by atoms with Crippen molar-refractivity contribution in [2.24, 2.45) is 0 Å². The molecule has 2 aromatic rings. The number of piperazine rings is 1. The second-order valence-corrected chi connectivity index (χ2v) is 11.4. The number of benzene rings is 1. The van der Waals surface area contributed by atoms with E-state index in [9.17, 15) is 13.2 Å². The topological polar surface area (TPSA) is 100 Å². The minimum atomic E-state index is -3.44. The van der Waals surface area contributed by atoms with Gasteiger partial charge in [-0.25, -0.2) is 13.2 Å². The Bertz CT molecular complexity index is 1150. The van der Waals surface area contributed by atoms with Crippen molar-refractivity contribution in [2.45, 2.75) is 31.6 Å². The molecule has 1 aromatic carbocycles. The van der Waals surface area contributed by atoms with Crippen LogP contribution in [0.1, 0.15) is 18.4 Å². The SMILES string of the molecule is CS(=O)(=O)Nc1ccn(C(=O)N2CCN(Cc3ccc(Cl)cc3N3CC4CCC(C3)O4)CC2)n1. The van der Waals surface area contributed by atoms with E-state index in [0.717, 1.165) is 56.8 Å². The summed E-state index contributed by atoms with van der Waals surface area (Å²) in [7, 11) is -3.44. The molecule has 3 fully saturated rings. The number of nitrogens with zero attached hydrogens (tertiary/aromatic N) is 5. The van der Waals surface area contributed by atoms with Crippen molar-refractivity contribution in [1.29, 1.82) is 0 Å². The van der Waals surface area contributed by atoms with Gasteiger partial charge >= 0.3 is 6.03 Å². The van der Waals surface area contributed by atoms with E-state index in [2.05, 4.69) is 31.8 Å². The van der Waals surface area contributed by atoms with Crippen LogP contribution in [-0.2, 0) is 21.3 Å². The van der Waals surface area contributed by atoms with Gasteiger partial charge in [0, 0.05) is 68.8 Å². The van der Waals surface area contributed by atoms with Crippen LogP contribution in [0.2, 0.25) is 5.02 Å². The Balaban J connectivity index is 1.20. The Morgan fingerprint density at radius 1 is 1.15 bits per heavy atom. The minimum Gasteiger partial charge on any atom is -0.371 e. The van der Waals surface area contributed by atoms with Gasteiger partial charge in [-0.15, -0.1) is 5.10 Å². The zero-order valence-electron chi connectivity index (χ0n) is 19.1. The van der Waals surface area contributed by atoms with Crippen molar-refractivity contribution < 1.29 is 17.9 Å². The minimum absolute atomic E-state index is 0.126. The highest BCUT2D eigenvalue weighted by Crippen LogP contribution is 2.33. The molecular weight excluding hydrogens is 480 g/mol. The second kappa shape index (κ2) is 9.37. The summed E-state index contributed by atoms with van der Waals surface area (Å²) in [5, 5.41) is 4.77. The predicted molar refractivity (Wildman–Crippen MR) is 130 cm³/mol. The van der Waals surface area contributed by atoms with E-state index < -0.39 is 10.0 Å². The van der Waals surface area contributed by atoms with E-state index in [1.54, 1.807) is 4.90 Å². The summed E-state index contributed by atoms with van der Waals surface area (Å²) in [4.78, 5) is 19.3. The first-order valence-corrected chi connectivity index (χ1v) is 13.7. The molecular formula is C22H29ClN6O4S. The van der Waals surface area contributed by atoms with E-state index in [0.29, 0.717) is 25.3 Å². The van der Waals surface area contributed by atoms with Crippen LogP contribution in [0.15, 0.2) is 30.5 Å². The third kappa shape index (κ3) is 5.32. The summed E-state index contributed by atoms with van der Waals surface area (Å²) in [5.41, 5.74) is 2.41. The van der Waals surface area contributed by atoms with Crippen molar-refractivity contribution in [3.05, 3.63) is 41.0 Å². The molecule has 3 aliphatic heterocycles. The van der Waals surface area contributed by atoms with Gasteiger partial charge in [-0.05, 0) is 30.5 Å². The summed E-state index contributed by atoms with van der Waals surface area (Å²) < 4.78 is 32.2. The predicted octanol–water partition coefficient (Wildman–Crippen LogP) is 2.06. The van der Waals surface area contributed by atoms with E-state index in [4.69, 9.17) is 16.3 Å². The molecule has 12 heteroatoms. The third-order valence-electron chi connectivity index (χ3n) is 6.54. The Morgan fingerprint density at radius 3 is 2.53 bits per heavy atom. The van der Waals surface area contributed by atoms with Crippen LogP contribution in [0.25, 0.3) is 0 Å². The van der Waals surface area contributed by atoms with Gasteiger partial charge < -0.3 is 14.5 Å². The van der Waals surface area contributed by atoms with Gasteiger partial charge in [-0.2, -0.15) is 4.68 Å². The number of sulfonamides is 1. The number of hydrogen-bond acceptors (Lipinski definition) is 7. The third-order valence-corrected chi connectivity index (χ3v) is 7.36. The van der Waals surface area contributed by atoms with Crippen LogP contribution >= 0.6 is 11.6 Å². The van der Waals surface area contributed by atoms with Crippen molar-refractivity contribution >= 4 is 39.2 Å². The number of hydrogen-bond donors (Lipinski definition) is 1. The van der Waals surface area contributed by atoms with Crippen LogP contribution in [0.5, 0.6) is 0 Å². The van der Waals surface area contributed by atoms with Crippen LogP contribution in [0, 0.1) is 0 Å². The highest BCUT2D eigenvalue weighted by molar-refractivity contribution is 7.92. The molecule has 3 saturated heterocycles. The lowest BCUT2D eigenvalue weighted by Crippen LogP contribution is -2.49. The number of nitrogens with one attached hydrogen (secondary N) is 1. The van der Waals surface area contributed by atoms with Crippen LogP contribution in [0.3, 0.4) is 0 Å². The van der Waals surface area contributed by atoms with Gasteiger partial charge in [0.2, 0.25) is 10.0 Å². The number of amides is 1. The fourth-order valence-corrected chi connectivity index (χ4v) is 5.59. The lowest BCUT2D eigenvalue weighted by atomic mass is 10.1. The maximum atomic E-state index is 12.8. The number of carbonyl (C=O) groups is 1. The van der Waals surface area contributed by atoms with Gasteiger partial charge in [0.15, 0.2) is 5.82 Å². The molecule has 2 unspecified atom stereocenters. The van der Waals surface area contributed by atoms with Gasteiger partial charge in [0.1, 0.15) is 0 Å². The summed E-state index contributed by atoms with van der Waals surface area (Å²) in [6.45, 7) is 5.18. The molecule has 34 heavy (non-hydrogen) atoms. The first kappa shape index (κ1) is 23.4. The highest BCUT2D eigenvalue weighted by atomic mass is 35.5. The molecule has 0 spiro atoms. The number of halogens is 1. The average molecular weight is 509 g/mol. The first-order valence-electron chi connectivity index (χ1n) is 11.5. The molecule has 1 aromatic heterocycles. The second-order valence-electron chi connectivity index (χ2n) is 9.20. The van der Waals surface area contributed by atoms with Crippen molar-refractivity contribution in [3.63, 3.8) is 0 Å². The van der Waals surface area contributed by atoms with Crippen LogP contribution in [-0.4, -0.2) is 91.8 Å². The van der Waals surface area contributed by atoms with Gasteiger partial charge in [0.05, 0.1) is 18.5 Å². The molecule has 2 bridgehead atoms. The van der Waals surface area contributed by atoms with E-state index in [-0.39, 0.29) is 11.8 Å². The molecule has 1 N–H and O–H groups in total. The number of carbonyl (C=O) groups excluding carboxylic acids is 1. The lowest BCUT2D eigenvalue weighted by molar-refractivity contribution is 0.0304. The van der Waals surface area contributed by atoms with Crippen LogP contribution in [0.4, 0.5) is 16.3 Å². The molecule has 0 aliphatic carbocycles. The fourth-order valence-electron chi connectivity index (χ4n) is 4.93. The maximum Gasteiger partial charge on any atom is 0.344 e. The standard InChI is InChI=1S/C22H29ClN6O4S/c1-34(31,32)25-21-6-7-29(24-21)22(30)27-10-8-26(9-11-27)13-16-2-3-17(23)12-20(16)28-14-18-4-5-19(15-28)33-18/h2-3,6-7,12,18-19H,4-5,8-11,13-15H2,1H3,(H,24,25). The Hall–Kier alpha value is -2.34. The molecule has 5 rings (SSSR count). The average Bonchev–Trinajstić information content (AvgIpc) is 3.39. The molecule has 4 heterocycles. The number of ether oxygens (including phenoxy) is 1. The largest absolute Gasteiger partial charge is 0.371 e. The van der Waals surface area contributed by atoms with Crippen molar-refractivity contribution in [3.8, 4) is 0 Å².